The Morgan fingerprint density at radius 2 is 2.00 bits per heavy atom. The fraction of sp³-hybridized carbons (Fsp3) is 0.182. The number of allylic oxidation sites excluding steroid dienone is 1. The molecule has 0 heterocycles. The molecule has 0 aromatic heterocycles. The molecule has 1 aromatic rings. The highest BCUT2D eigenvalue weighted by Crippen LogP contribution is 2.00. The van der Waals surface area contributed by atoms with Gasteiger partial charge in [0.2, 0.25) is 0 Å². The van der Waals surface area contributed by atoms with Crippen molar-refractivity contribution in [2.45, 2.75) is 13.0 Å². The van der Waals surface area contributed by atoms with Gasteiger partial charge in [-0.25, -0.2) is 0 Å². The Hall–Kier alpha value is -1.41. The second-order valence-corrected chi connectivity index (χ2v) is 2.83. The van der Waals surface area contributed by atoms with Gasteiger partial charge in [-0.3, -0.25) is 4.79 Å². The van der Waals surface area contributed by atoms with Gasteiger partial charge in [0, 0.05) is 5.56 Å². The summed E-state index contributed by atoms with van der Waals surface area (Å²) in [5.74, 6) is -0.0819. The van der Waals surface area contributed by atoms with Gasteiger partial charge in [-0.05, 0) is 13.0 Å². The molecule has 0 aliphatic rings. The lowest BCUT2D eigenvalue weighted by molar-refractivity contribution is 0.104. The molecule has 13 heavy (non-hydrogen) atoms. The van der Waals surface area contributed by atoms with Crippen molar-refractivity contribution in [3.63, 3.8) is 0 Å². The average molecular weight is 176 g/mol. The fourth-order valence-corrected chi connectivity index (χ4v) is 0.925. The summed E-state index contributed by atoms with van der Waals surface area (Å²) in [6.07, 6.45) is 2.28. The van der Waals surface area contributed by atoms with Gasteiger partial charge in [0.25, 0.3) is 0 Å². The van der Waals surface area contributed by atoms with Crippen molar-refractivity contribution >= 4 is 5.78 Å². The van der Waals surface area contributed by atoms with Crippen LogP contribution in [-0.2, 0) is 0 Å². The van der Waals surface area contributed by atoms with E-state index in [1.807, 2.05) is 18.2 Å². The van der Waals surface area contributed by atoms with Crippen molar-refractivity contribution in [3.05, 3.63) is 48.0 Å². The predicted octanol–water partition coefficient (Wildman–Crippen LogP) is 1.81. The van der Waals surface area contributed by atoms with Crippen molar-refractivity contribution in [1.29, 1.82) is 0 Å². The Balaban J connectivity index is 2.70. The molecule has 2 nitrogen and oxygen atoms in total. The number of carbonyl (C=O) groups is 1. The monoisotopic (exact) mass is 176 g/mol. The molecule has 0 spiro atoms. The number of ketones is 1. The van der Waals surface area contributed by atoms with Crippen LogP contribution >= 0.6 is 0 Å². The van der Waals surface area contributed by atoms with E-state index in [0.29, 0.717) is 5.56 Å². The summed E-state index contributed by atoms with van der Waals surface area (Å²) in [7, 11) is 0. The van der Waals surface area contributed by atoms with E-state index < -0.39 is 6.10 Å². The van der Waals surface area contributed by atoms with Gasteiger partial charge in [0.15, 0.2) is 5.78 Å². The van der Waals surface area contributed by atoms with E-state index in [1.165, 1.54) is 12.2 Å². The van der Waals surface area contributed by atoms with E-state index in [4.69, 9.17) is 5.11 Å². The third-order valence-corrected chi connectivity index (χ3v) is 1.58. The average Bonchev–Trinajstić information content (AvgIpc) is 2.15. The zero-order valence-corrected chi connectivity index (χ0v) is 7.47. The largest absolute Gasteiger partial charge is 0.389 e. The maximum Gasteiger partial charge on any atom is 0.185 e. The minimum absolute atomic E-state index is 0.0819. The first-order chi connectivity index (χ1) is 6.20. The lowest BCUT2D eigenvalue weighted by Gasteiger charge is -1.95. The molecular formula is C11H12O2. The van der Waals surface area contributed by atoms with Gasteiger partial charge in [0.05, 0.1) is 6.10 Å². The number of hydrogen-bond donors (Lipinski definition) is 1. The van der Waals surface area contributed by atoms with Crippen LogP contribution in [0.5, 0.6) is 0 Å². The van der Waals surface area contributed by atoms with E-state index in [1.54, 1.807) is 19.1 Å². The van der Waals surface area contributed by atoms with Crippen LogP contribution in [-0.4, -0.2) is 17.0 Å². The van der Waals surface area contributed by atoms with Gasteiger partial charge >= 0.3 is 0 Å². The third kappa shape index (κ3) is 3.22. The van der Waals surface area contributed by atoms with Crippen LogP contribution in [0.4, 0.5) is 0 Å². The van der Waals surface area contributed by atoms with E-state index in [9.17, 15) is 4.79 Å². The molecule has 0 fully saturated rings. The first kappa shape index (κ1) is 9.68. The van der Waals surface area contributed by atoms with Crippen LogP contribution in [0.25, 0.3) is 0 Å². The maximum atomic E-state index is 11.4. The summed E-state index contributed by atoms with van der Waals surface area (Å²) in [6.45, 7) is 1.61. The normalized spacial score (nSPS) is 13.1. The summed E-state index contributed by atoms with van der Waals surface area (Å²) in [5, 5.41) is 8.91. The van der Waals surface area contributed by atoms with Crippen molar-refractivity contribution < 1.29 is 9.90 Å². The maximum absolute atomic E-state index is 11.4. The van der Waals surface area contributed by atoms with Crippen molar-refractivity contribution in [2.75, 3.05) is 0 Å². The van der Waals surface area contributed by atoms with Crippen LogP contribution in [0.2, 0.25) is 0 Å². The molecule has 1 aromatic carbocycles. The van der Waals surface area contributed by atoms with Gasteiger partial charge < -0.3 is 5.11 Å². The Morgan fingerprint density at radius 1 is 1.38 bits per heavy atom. The summed E-state index contributed by atoms with van der Waals surface area (Å²) in [5.41, 5.74) is 0.638. The Morgan fingerprint density at radius 3 is 2.54 bits per heavy atom. The second-order valence-electron chi connectivity index (χ2n) is 2.83. The van der Waals surface area contributed by atoms with Crippen molar-refractivity contribution in [2.24, 2.45) is 0 Å². The third-order valence-electron chi connectivity index (χ3n) is 1.58. The molecule has 1 N–H and O–H groups in total. The number of benzene rings is 1. The minimum Gasteiger partial charge on any atom is -0.389 e. The topological polar surface area (TPSA) is 37.3 Å². The lowest BCUT2D eigenvalue weighted by Crippen LogP contribution is -1.97. The Bertz CT molecular complexity index is 299. The Labute approximate surface area is 77.5 Å². The molecule has 0 saturated carbocycles. The summed E-state index contributed by atoms with van der Waals surface area (Å²) in [6, 6.07) is 8.96. The first-order valence-electron chi connectivity index (χ1n) is 4.16. The molecule has 68 valence electrons. The summed E-state index contributed by atoms with van der Waals surface area (Å²) >= 11 is 0. The number of carbonyl (C=O) groups excluding carboxylic acids is 1. The van der Waals surface area contributed by atoms with E-state index in [0.717, 1.165) is 0 Å². The van der Waals surface area contributed by atoms with E-state index >= 15 is 0 Å². The van der Waals surface area contributed by atoms with Gasteiger partial charge in [-0.2, -0.15) is 0 Å². The van der Waals surface area contributed by atoms with Crippen molar-refractivity contribution in [1.82, 2.24) is 0 Å². The molecule has 1 rings (SSSR count). The smallest absolute Gasteiger partial charge is 0.185 e. The van der Waals surface area contributed by atoms with E-state index in [-0.39, 0.29) is 5.78 Å². The quantitative estimate of drug-likeness (QED) is 0.563. The first-order valence-corrected chi connectivity index (χ1v) is 4.16. The predicted molar refractivity (Wildman–Crippen MR) is 51.6 cm³/mol. The fourth-order valence-electron chi connectivity index (χ4n) is 0.925. The molecule has 0 aliphatic heterocycles. The van der Waals surface area contributed by atoms with Crippen LogP contribution < -0.4 is 0 Å². The minimum atomic E-state index is -0.576. The van der Waals surface area contributed by atoms with E-state index in [2.05, 4.69) is 0 Å². The molecule has 0 unspecified atom stereocenters. The summed E-state index contributed by atoms with van der Waals surface area (Å²) in [4.78, 5) is 11.4. The Kier molecular flexibility index (Phi) is 3.41. The standard InChI is InChI=1S/C11H12O2/c1-9(12)7-8-11(13)10-5-3-2-4-6-10/h2-9,12H,1H3/b8-7+/t9-/m1/s1. The van der Waals surface area contributed by atoms with Crippen LogP contribution in [0.15, 0.2) is 42.5 Å². The SMILES string of the molecule is C[C@@H](O)/C=C/C(=O)c1ccccc1. The van der Waals surface area contributed by atoms with Crippen LogP contribution in [0.1, 0.15) is 17.3 Å². The molecule has 0 amide bonds. The highest BCUT2D eigenvalue weighted by Gasteiger charge is 1.99. The molecule has 0 bridgehead atoms. The number of aliphatic hydroxyl groups is 1. The van der Waals surface area contributed by atoms with Gasteiger partial charge in [-0.1, -0.05) is 36.4 Å². The number of aliphatic hydroxyl groups excluding tert-OH is 1. The highest BCUT2D eigenvalue weighted by molar-refractivity contribution is 6.04. The zero-order chi connectivity index (χ0) is 9.68. The van der Waals surface area contributed by atoms with Crippen LogP contribution in [0, 0.1) is 0 Å². The van der Waals surface area contributed by atoms with Gasteiger partial charge in [0.1, 0.15) is 0 Å². The zero-order valence-electron chi connectivity index (χ0n) is 7.47. The second kappa shape index (κ2) is 4.58. The summed E-state index contributed by atoms with van der Waals surface area (Å²) < 4.78 is 0. The molecule has 0 aliphatic carbocycles. The highest BCUT2D eigenvalue weighted by atomic mass is 16.3. The molecule has 0 saturated heterocycles. The van der Waals surface area contributed by atoms with Crippen molar-refractivity contribution in [3.8, 4) is 0 Å². The van der Waals surface area contributed by atoms with Crippen LogP contribution in [0.3, 0.4) is 0 Å². The molecule has 1 atom stereocenters. The lowest BCUT2D eigenvalue weighted by atomic mass is 10.1. The molecular weight excluding hydrogens is 164 g/mol. The van der Waals surface area contributed by atoms with Gasteiger partial charge in [-0.15, -0.1) is 0 Å². The number of hydrogen-bond acceptors (Lipinski definition) is 2. The molecule has 2 heteroatoms. The number of rotatable bonds is 3. The molecule has 0 radical (unpaired) electrons.